The zero-order valence-corrected chi connectivity index (χ0v) is 12.6. The van der Waals surface area contributed by atoms with E-state index in [4.69, 9.17) is 4.74 Å². The van der Waals surface area contributed by atoms with Crippen molar-refractivity contribution in [1.29, 1.82) is 0 Å². The zero-order chi connectivity index (χ0) is 12.5. The minimum atomic E-state index is -0.108. The van der Waals surface area contributed by atoms with E-state index in [1.54, 1.807) is 0 Å². The van der Waals surface area contributed by atoms with Crippen LogP contribution in [0.5, 0.6) is 0 Å². The van der Waals surface area contributed by atoms with E-state index in [9.17, 15) is 0 Å². The molecule has 0 bridgehead atoms. The van der Waals surface area contributed by atoms with Gasteiger partial charge in [0.1, 0.15) is 0 Å². The molecule has 1 nitrogen and oxygen atoms in total. The Bertz CT molecular complexity index is 378. The summed E-state index contributed by atoms with van der Waals surface area (Å²) in [6.07, 6.45) is 2.56. The normalized spacial score (nSPS) is 13.8. The molecule has 2 aromatic carbocycles. The fourth-order valence-electron chi connectivity index (χ4n) is 1.72. The SMILES string of the molecule is C1CCOC1.c1cc[c]([Ge][c]2ccccc2)cc1. The summed E-state index contributed by atoms with van der Waals surface area (Å²) in [7, 11) is 0. The molecule has 0 unspecified atom stereocenters. The van der Waals surface area contributed by atoms with Crippen LogP contribution in [0.2, 0.25) is 0 Å². The first-order valence-corrected chi connectivity index (χ1v) is 8.50. The number of benzene rings is 2. The molecule has 0 saturated carbocycles. The molecule has 0 atom stereocenters. The first-order chi connectivity index (χ1) is 8.95. The third kappa shape index (κ3) is 5.07. The van der Waals surface area contributed by atoms with Crippen molar-refractivity contribution in [1.82, 2.24) is 0 Å². The zero-order valence-electron chi connectivity index (χ0n) is 10.5. The summed E-state index contributed by atoms with van der Waals surface area (Å²) < 4.78 is 7.93. The molecule has 18 heavy (non-hydrogen) atoms. The van der Waals surface area contributed by atoms with E-state index >= 15 is 0 Å². The Kier molecular flexibility index (Phi) is 6.03. The molecule has 92 valence electrons. The van der Waals surface area contributed by atoms with Gasteiger partial charge in [-0.25, -0.2) is 0 Å². The standard InChI is InChI=1S/C12H10Ge.C4H8O/c1-3-7-11(8-4-1)13-12-9-5-2-6-10-12;1-2-4-5-3-1/h1-10H;1-4H2. The summed E-state index contributed by atoms with van der Waals surface area (Å²) in [6, 6.07) is 21.5. The monoisotopic (exact) mass is 300 g/mol. The second-order valence-corrected chi connectivity index (χ2v) is 7.12. The number of rotatable bonds is 2. The summed E-state index contributed by atoms with van der Waals surface area (Å²) in [6.45, 7) is 2.00. The van der Waals surface area contributed by atoms with Crippen molar-refractivity contribution in [3.63, 3.8) is 0 Å². The van der Waals surface area contributed by atoms with Crippen LogP contribution < -0.4 is 8.79 Å². The molecule has 1 fully saturated rings. The molecule has 0 aliphatic carbocycles. The van der Waals surface area contributed by atoms with Crippen LogP contribution in [0, 0.1) is 0 Å². The molecule has 0 aromatic heterocycles. The van der Waals surface area contributed by atoms with Crippen molar-refractivity contribution in [2.45, 2.75) is 12.8 Å². The summed E-state index contributed by atoms with van der Waals surface area (Å²) in [5.41, 5.74) is 0. The Hall–Kier alpha value is -1.06. The molecule has 0 amide bonds. The van der Waals surface area contributed by atoms with E-state index in [0.717, 1.165) is 13.2 Å². The van der Waals surface area contributed by atoms with Gasteiger partial charge < -0.3 is 4.74 Å². The van der Waals surface area contributed by atoms with Crippen LogP contribution >= 0.6 is 0 Å². The van der Waals surface area contributed by atoms with E-state index in [0.29, 0.717) is 0 Å². The van der Waals surface area contributed by atoms with E-state index in [1.165, 1.54) is 21.6 Å². The fraction of sp³-hybridized carbons (Fsp3) is 0.250. The van der Waals surface area contributed by atoms with Gasteiger partial charge in [-0.2, -0.15) is 0 Å². The Morgan fingerprint density at radius 1 is 0.667 bits per heavy atom. The molecule has 2 heteroatoms. The average Bonchev–Trinajstić information content (AvgIpc) is 3.00. The number of hydrogen-bond acceptors (Lipinski definition) is 1. The van der Waals surface area contributed by atoms with Crippen LogP contribution in [0.15, 0.2) is 60.7 Å². The second kappa shape index (κ2) is 8.12. The fourth-order valence-corrected chi connectivity index (χ4v) is 3.93. The summed E-state index contributed by atoms with van der Waals surface area (Å²) in [5, 5.41) is 0. The van der Waals surface area contributed by atoms with Crippen molar-refractivity contribution in [2.24, 2.45) is 0 Å². The quantitative estimate of drug-likeness (QED) is 0.772. The molecule has 1 aliphatic heterocycles. The number of hydrogen-bond donors (Lipinski definition) is 0. The topological polar surface area (TPSA) is 9.23 Å². The van der Waals surface area contributed by atoms with Gasteiger partial charge in [-0.15, -0.1) is 0 Å². The van der Waals surface area contributed by atoms with Gasteiger partial charge in [-0.3, -0.25) is 0 Å². The first kappa shape index (κ1) is 13.4. The molecule has 1 saturated heterocycles. The summed E-state index contributed by atoms with van der Waals surface area (Å²) in [4.78, 5) is 0. The maximum absolute atomic E-state index is 4.94. The van der Waals surface area contributed by atoms with Crippen LogP contribution in [0.4, 0.5) is 0 Å². The second-order valence-electron chi connectivity index (χ2n) is 4.18. The van der Waals surface area contributed by atoms with Gasteiger partial charge in [-0.05, 0) is 12.8 Å². The molecular formula is C16H18GeO. The van der Waals surface area contributed by atoms with Crippen molar-refractivity contribution in [3.8, 4) is 0 Å². The first-order valence-electron chi connectivity index (χ1n) is 6.40. The third-order valence-electron chi connectivity index (χ3n) is 2.66. The molecule has 2 radical (unpaired) electrons. The molecule has 1 heterocycles. The summed E-state index contributed by atoms with van der Waals surface area (Å²) >= 11 is -0.108. The minimum absolute atomic E-state index is 0.108. The maximum atomic E-state index is 4.94. The van der Waals surface area contributed by atoms with Crippen LogP contribution in [0.1, 0.15) is 12.8 Å². The van der Waals surface area contributed by atoms with Gasteiger partial charge in [0.2, 0.25) is 0 Å². The van der Waals surface area contributed by atoms with Crippen LogP contribution in [0.25, 0.3) is 0 Å². The molecule has 0 spiro atoms. The van der Waals surface area contributed by atoms with Crippen molar-refractivity contribution in [2.75, 3.05) is 13.2 Å². The molecule has 1 aliphatic rings. The predicted molar refractivity (Wildman–Crippen MR) is 78.0 cm³/mol. The van der Waals surface area contributed by atoms with Gasteiger partial charge in [0.05, 0.1) is 0 Å². The van der Waals surface area contributed by atoms with Gasteiger partial charge in [0.15, 0.2) is 0 Å². The van der Waals surface area contributed by atoms with Crippen molar-refractivity contribution < 1.29 is 4.74 Å². The third-order valence-corrected chi connectivity index (χ3v) is 5.27. The van der Waals surface area contributed by atoms with Gasteiger partial charge >= 0.3 is 84.9 Å². The average molecular weight is 299 g/mol. The van der Waals surface area contributed by atoms with E-state index < -0.39 is 0 Å². The van der Waals surface area contributed by atoms with E-state index in [-0.39, 0.29) is 15.4 Å². The summed E-state index contributed by atoms with van der Waals surface area (Å²) in [5.74, 6) is 0. The Balaban J connectivity index is 0.000000202. The Morgan fingerprint density at radius 2 is 1.11 bits per heavy atom. The van der Waals surface area contributed by atoms with Gasteiger partial charge in [0, 0.05) is 13.2 Å². The number of ether oxygens (including phenoxy) is 1. The van der Waals surface area contributed by atoms with Crippen LogP contribution in [0.3, 0.4) is 0 Å². The van der Waals surface area contributed by atoms with E-state index in [1.807, 2.05) is 0 Å². The Labute approximate surface area is 116 Å². The molecule has 3 rings (SSSR count). The molecule has 0 N–H and O–H groups in total. The Morgan fingerprint density at radius 3 is 1.44 bits per heavy atom. The van der Waals surface area contributed by atoms with Gasteiger partial charge in [-0.1, -0.05) is 0 Å². The predicted octanol–water partition coefficient (Wildman–Crippen LogP) is 2.14. The molecule has 2 aromatic rings. The van der Waals surface area contributed by atoms with Crippen LogP contribution in [-0.4, -0.2) is 28.6 Å². The van der Waals surface area contributed by atoms with Gasteiger partial charge in [0.25, 0.3) is 0 Å². The van der Waals surface area contributed by atoms with Crippen molar-refractivity contribution in [3.05, 3.63) is 60.7 Å². The van der Waals surface area contributed by atoms with Crippen LogP contribution in [-0.2, 0) is 4.74 Å². The van der Waals surface area contributed by atoms with Crippen molar-refractivity contribution >= 4 is 24.2 Å². The molecular weight excluding hydrogens is 281 g/mol. The van der Waals surface area contributed by atoms with E-state index in [2.05, 4.69) is 60.7 Å².